The van der Waals surface area contributed by atoms with Crippen molar-refractivity contribution in [2.45, 2.75) is 4.90 Å². The SMILES string of the molecule is C1=CC=C(Sc2ccccc2)NC=C1. The Hall–Kier alpha value is -1.41. The lowest BCUT2D eigenvalue weighted by Gasteiger charge is -2.04. The molecule has 0 atom stereocenters. The van der Waals surface area contributed by atoms with E-state index in [1.54, 1.807) is 11.8 Å². The van der Waals surface area contributed by atoms with Crippen LogP contribution in [0.1, 0.15) is 0 Å². The smallest absolute Gasteiger partial charge is 0.0769 e. The van der Waals surface area contributed by atoms with E-state index in [1.165, 1.54) is 4.90 Å². The number of thioether (sulfide) groups is 1. The summed E-state index contributed by atoms with van der Waals surface area (Å²) in [6, 6.07) is 10.3. The van der Waals surface area contributed by atoms with Gasteiger partial charge in [0.1, 0.15) is 0 Å². The van der Waals surface area contributed by atoms with Gasteiger partial charge in [-0.3, -0.25) is 0 Å². The topological polar surface area (TPSA) is 12.0 Å². The molecule has 1 aromatic rings. The highest BCUT2D eigenvalue weighted by molar-refractivity contribution is 8.03. The maximum Gasteiger partial charge on any atom is 0.0769 e. The molecule has 0 amide bonds. The highest BCUT2D eigenvalue weighted by atomic mass is 32.2. The first-order valence-electron chi connectivity index (χ1n) is 4.48. The van der Waals surface area contributed by atoms with E-state index in [0.29, 0.717) is 0 Å². The van der Waals surface area contributed by atoms with Gasteiger partial charge in [-0.2, -0.15) is 0 Å². The van der Waals surface area contributed by atoms with Gasteiger partial charge in [0.25, 0.3) is 0 Å². The van der Waals surface area contributed by atoms with Gasteiger partial charge in [0, 0.05) is 11.1 Å². The van der Waals surface area contributed by atoms with Crippen LogP contribution < -0.4 is 5.32 Å². The van der Waals surface area contributed by atoms with E-state index < -0.39 is 0 Å². The minimum absolute atomic E-state index is 1.14. The van der Waals surface area contributed by atoms with E-state index in [2.05, 4.69) is 23.5 Å². The molecule has 1 aliphatic heterocycles. The van der Waals surface area contributed by atoms with Gasteiger partial charge in [-0.1, -0.05) is 42.1 Å². The molecule has 0 aliphatic carbocycles. The molecule has 0 unspecified atom stereocenters. The summed E-state index contributed by atoms with van der Waals surface area (Å²) in [7, 11) is 0. The molecule has 14 heavy (non-hydrogen) atoms. The van der Waals surface area contributed by atoms with Crippen LogP contribution in [0, 0.1) is 0 Å². The lowest BCUT2D eigenvalue weighted by Crippen LogP contribution is -1.99. The van der Waals surface area contributed by atoms with Crippen LogP contribution in [-0.2, 0) is 0 Å². The summed E-state index contributed by atoms with van der Waals surface area (Å²) in [6.45, 7) is 0. The van der Waals surface area contributed by atoms with Crippen LogP contribution in [0.25, 0.3) is 0 Å². The van der Waals surface area contributed by atoms with Crippen LogP contribution in [0.5, 0.6) is 0 Å². The fourth-order valence-corrected chi connectivity index (χ4v) is 1.94. The highest BCUT2D eigenvalue weighted by Crippen LogP contribution is 2.24. The molecule has 0 spiro atoms. The zero-order chi connectivity index (χ0) is 9.64. The predicted octanol–water partition coefficient (Wildman–Crippen LogP) is 3.29. The second-order valence-electron chi connectivity index (χ2n) is 2.83. The van der Waals surface area contributed by atoms with Crippen molar-refractivity contribution in [2.24, 2.45) is 0 Å². The molecule has 70 valence electrons. The summed E-state index contributed by atoms with van der Waals surface area (Å²) in [5.41, 5.74) is 0. The third kappa shape index (κ3) is 2.54. The monoisotopic (exact) mass is 201 g/mol. The van der Waals surface area contributed by atoms with E-state index in [1.807, 2.05) is 42.6 Å². The van der Waals surface area contributed by atoms with Crippen molar-refractivity contribution in [1.82, 2.24) is 5.32 Å². The van der Waals surface area contributed by atoms with Crippen molar-refractivity contribution in [3.8, 4) is 0 Å². The van der Waals surface area contributed by atoms with Crippen molar-refractivity contribution in [3.63, 3.8) is 0 Å². The summed E-state index contributed by atoms with van der Waals surface area (Å²) in [6.07, 6.45) is 10.0. The first-order valence-corrected chi connectivity index (χ1v) is 5.30. The molecule has 1 aromatic carbocycles. The summed E-state index contributed by atoms with van der Waals surface area (Å²) in [5.74, 6) is 0. The minimum atomic E-state index is 1.14. The van der Waals surface area contributed by atoms with Gasteiger partial charge in [-0.15, -0.1) is 0 Å². The van der Waals surface area contributed by atoms with E-state index in [4.69, 9.17) is 0 Å². The average Bonchev–Trinajstić information content (AvgIpc) is 2.48. The molecule has 0 saturated heterocycles. The van der Waals surface area contributed by atoms with Crippen LogP contribution in [0.4, 0.5) is 0 Å². The number of allylic oxidation sites excluding steroid dienone is 4. The van der Waals surface area contributed by atoms with E-state index in [0.717, 1.165) is 5.03 Å². The van der Waals surface area contributed by atoms with E-state index in [-0.39, 0.29) is 0 Å². The molecule has 0 radical (unpaired) electrons. The van der Waals surface area contributed by atoms with Crippen LogP contribution in [0.2, 0.25) is 0 Å². The average molecular weight is 201 g/mol. The standard InChI is InChI=1S/C12H11NS/c1-3-7-11(8-4-1)14-12-9-5-2-6-10-13-12/h1-10,13H. The maximum atomic E-state index is 3.21. The van der Waals surface area contributed by atoms with Crippen molar-refractivity contribution < 1.29 is 0 Å². The Morgan fingerprint density at radius 3 is 2.64 bits per heavy atom. The second kappa shape index (κ2) is 4.72. The Morgan fingerprint density at radius 1 is 0.929 bits per heavy atom. The molecule has 0 bridgehead atoms. The Morgan fingerprint density at radius 2 is 1.79 bits per heavy atom. The van der Waals surface area contributed by atoms with Crippen molar-refractivity contribution in [2.75, 3.05) is 0 Å². The van der Waals surface area contributed by atoms with Gasteiger partial charge < -0.3 is 5.32 Å². The van der Waals surface area contributed by atoms with Crippen molar-refractivity contribution in [1.29, 1.82) is 0 Å². The van der Waals surface area contributed by atoms with Gasteiger partial charge in [-0.05, 0) is 24.3 Å². The summed E-state index contributed by atoms with van der Waals surface area (Å²) < 4.78 is 0. The van der Waals surface area contributed by atoms with Crippen molar-refractivity contribution >= 4 is 11.8 Å². The van der Waals surface area contributed by atoms with E-state index in [9.17, 15) is 0 Å². The predicted molar refractivity (Wildman–Crippen MR) is 61.8 cm³/mol. The fraction of sp³-hybridized carbons (Fsp3) is 0. The summed E-state index contributed by atoms with van der Waals surface area (Å²) >= 11 is 1.73. The number of hydrogen-bond acceptors (Lipinski definition) is 2. The Kier molecular flexibility index (Phi) is 3.09. The van der Waals surface area contributed by atoms with Gasteiger partial charge >= 0.3 is 0 Å². The summed E-state index contributed by atoms with van der Waals surface area (Å²) in [4.78, 5) is 1.25. The minimum Gasteiger partial charge on any atom is -0.356 e. The van der Waals surface area contributed by atoms with E-state index >= 15 is 0 Å². The van der Waals surface area contributed by atoms with Crippen LogP contribution in [-0.4, -0.2) is 0 Å². The van der Waals surface area contributed by atoms with Crippen molar-refractivity contribution in [3.05, 3.63) is 65.9 Å². The maximum absolute atomic E-state index is 3.21. The third-order valence-electron chi connectivity index (χ3n) is 1.76. The fourth-order valence-electron chi connectivity index (χ4n) is 1.12. The first kappa shape index (κ1) is 9.16. The normalized spacial score (nSPS) is 14.4. The molecule has 0 fully saturated rings. The van der Waals surface area contributed by atoms with Gasteiger partial charge in [0.05, 0.1) is 5.03 Å². The number of hydrogen-bond donors (Lipinski definition) is 1. The number of nitrogens with one attached hydrogen (secondary N) is 1. The molecule has 1 aliphatic rings. The molecule has 2 heteroatoms. The first-order chi connectivity index (χ1) is 6.95. The van der Waals surface area contributed by atoms with Crippen LogP contribution in [0.15, 0.2) is 70.8 Å². The summed E-state index contributed by atoms with van der Waals surface area (Å²) in [5, 5.41) is 4.35. The molecule has 0 aromatic heterocycles. The highest BCUT2D eigenvalue weighted by Gasteiger charge is 1.97. The number of rotatable bonds is 2. The molecular formula is C12H11NS. The molecule has 1 nitrogen and oxygen atoms in total. The van der Waals surface area contributed by atoms with Gasteiger partial charge in [0.15, 0.2) is 0 Å². The Bertz CT molecular complexity index is 377. The molecule has 1 heterocycles. The quantitative estimate of drug-likeness (QED) is 0.788. The largest absolute Gasteiger partial charge is 0.356 e. The zero-order valence-electron chi connectivity index (χ0n) is 7.68. The van der Waals surface area contributed by atoms with Crippen LogP contribution >= 0.6 is 11.8 Å². The molecule has 0 saturated carbocycles. The molecular weight excluding hydrogens is 190 g/mol. The Balaban J connectivity index is 2.08. The van der Waals surface area contributed by atoms with Crippen LogP contribution in [0.3, 0.4) is 0 Å². The second-order valence-corrected chi connectivity index (χ2v) is 3.95. The molecule has 1 N–H and O–H groups in total. The lowest BCUT2D eigenvalue weighted by molar-refractivity contribution is 1.17. The Labute approximate surface area is 88.2 Å². The lowest BCUT2D eigenvalue weighted by atomic mass is 10.4. The third-order valence-corrected chi connectivity index (χ3v) is 2.74. The van der Waals surface area contributed by atoms with Gasteiger partial charge in [-0.25, -0.2) is 0 Å². The van der Waals surface area contributed by atoms with Gasteiger partial charge in [0.2, 0.25) is 0 Å². The zero-order valence-corrected chi connectivity index (χ0v) is 8.50. The molecule has 2 rings (SSSR count). The number of benzene rings is 1.